The molecule has 0 atom stereocenters. The van der Waals surface area contributed by atoms with Crippen molar-refractivity contribution in [2.24, 2.45) is 0 Å². The Balaban J connectivity index is 1.55. The minimum atomic E-state index is 0.415. The van der Waals surface area contributed by atoms with Crippen LogP contribution >= 0.6 is 0 Å². The molecule has 6 aromatic heterocycles. The van der Waals surface area contributed by atoms with Crippen molar-refractivity contribution in [3.05, 3.63) is 120 Å². The van der Waals surface area contributed by atoms with Crippen molar-refractivity contribution < 1.29 is 8.83 Å². The Morgan fingerprint density at radius 1 is 0.425 bits per heavy atom. The molecule has 0 amide bonds. The number of hydrogen-bond acceptors (Lipinski definition) is 8. The summed E-state index contributed by atoms with van der Waals surface area (Å²) in [4.78, 5) is 26.1. The average molecular weight is 517 g/mol. The Hall–Kier alpha value is -6.12. The van der Waals surface area contributed by atoms with Crippen LogP contribution in [-0.4, -0.2) is 29.9 Å². The van der Waals surface area contributed by atoms with Crippen molar-refractivity contribution in [1.82, 2.24) is 29.9 Å². The molecule has 0 saturated carbocycles. The van der Waals surface area contributed by atoms with E-state index in [1.807, 2.05) is 48.5 Å². The summed E-state index contributed by atoms with van der Waals surface area (Å²) in [5, 5.41) is 0. The zero-order chi connectivity index (χ0) is 26.7. The van der Waals surface area contributed by atoms with E-state index in [4.69, 9.17) is 18.8 Å². The summed E-state index contributed by atoms with van der Waals surface area (Å²) in [6, 6.07) is 14.7. The Labute approximate surface area is 227 Å². The third kappa shape index (κ3) is 4.32. The van der Waals surface area contributed by atoms with Crippen LogP contribution in [0.2, 0.25) is 0 Å². The van der Waals surface area contributed by atoms with Crippen LogP contribution in [0, 0.1) is 23.7 Å². The summed E-state index contributed by atoms with van der Waals surface area (Å²) in [6.07, 6.45) is 13.5. The van der Waals surface area contributed by atoms with Crippen LogP contribution in [0.1, 0.15) is 22.3 Å². The number of pyridine rings is 4. The zero-order valence-corrected chi connectivity index (χ0v) is 20.7. The summed E-state index contributed by atoms with van der Waals surface area (Å²) in [6.45, 7) is 0. The van der Waals surface area contributed by atoms with E-state index in [9.17, 15) is 0 Å². The molecule has 40 heavy (non-hydrogen) atoms. The van der Waals surface area contributed by atoms with E-state index in [-0.39, 0.29) is 0 Å². The first-order chi connectivity index (χ1) is 19.8. The van der Waals surface area contributed by atoms with E-state index in [0.717, 1.165) is 22.3 Å². The molecule has 8 nitrogen and oxygen atoms in total. The molecule has 0 aliphatic carbocycles. The first-order valence-electron chi connectivity index (χ1n) is 12.3. The Kier molecular flexibility index (Phi) is 5.74. The molecule has 7 aromatic rings. The molecule has 0 unspecified atom stereocenters. The molecule has 0 saturated heterocycles. The van der Waals surface area contributed by atoms with E-state index in [0.29, 0.717) is 45.1 Å². The lowest BCUT2D eigenvalue weighted by Gasteiger charge is -1.98. The Bertz CT molecular complexity index is 1890. The first-order valence-corrected chi connectivity index (χ1v) is 12.3. The highest BCUT2D eigenvalue weighted by atomic mass is 16.4. The monoisotopic (exact) mass is 516 g/mol. The minimum Gasteiger partial charge on any atom is -0.435 e. The molecule has 0 aliphatic rings. The summed E-state index contributed by atoms with van der Waals surface area (Å²) >= 11 is 0. The maximum atomic E-state index is 6.37. The maximum absolute atomic E-state index is 6.37. The number of oxazole rings is 2. The maximum Gasteiger partial charge on any atom is 0.227 e. The molecule has 0 aliphatic heterocycles. The van der Waals surface area contributed by atoms with Gasteiger partial charge in [0.1, 0.15) is 11.0 Å². The predicted molar refractivity (Wildman–Crippen MR) is 148 cm³/mol. The molecule has 1 aromatic carbocycles. The van der Waals surface area contributed by atoms with Crippen LogP contribution < -0.4 is 0 Å². The van der Waals surface area contributed by atoms with Crippen molar-refractivity contribution in [2.75, 3.05) is 0 Å². The van der Waals surface area contributed by atoms with Crippen molar-refractivity contribution in [3.63, 3.8) is 0 Å². The van der Waals surface area contributed by atoms with E-state index in [2.05, 4.69) is 43.6 Å². The third-order valence-electron chi connectivity index (χ3n) is 6.06. The van der Waals surface area contributed by atoms with Crippen molar-refractivity contribution >= 4 is 22.2 Å². The summed E-state index contributed by atoms with van der Waals surface area (Å²) in [5.41, 5.74) is 6.22. The van der Waals surface area contributed by atoms with Gasteiger partial charge in [-0.25, -0.2) is 9.97 Å². The van der Waals surface area contributed by atoms with Gasteiger partial charge in [-0.15, -0.1) is 0 Å². The van der Waals surface area contributed by atoms with Crippen LogP contribution in [0.3, 0.4) is 0 Å². The molecule has 186 valence electrons. The van der Waals surface area contributed by atoms with Crippen molar-refractivity contribution in [1.29, 1.82) is 0 Å². The molecule has 0 fully saturated rings. The van der Waals surface area contributed by atoms with E-state index < -0.39 is 0 Å². The Morgan fingerprint density at radius 2 is 0.775 bits per heavy atom. The highest BCUT2D eigenvalue weighted by Crippen LogP contribution is 2.37. The smallest absolute Gasteiger partial charge is 0.227 e. The van der Waals surface area contributed by atoms with Gasteiger partial charge in [-0.2, -0.15) is 0 Å². The largest absolute Gasteiger partial charge is 0.435 e. The van der Waals surface area contributed by atoms with Crippen molar-refractivity contribution in [2.45, 2.75) is 0 Å². The van der Waals surface area contributed by atoms with Gasteiger partial charge in [0.2, 0.25) is 11.8 Å². The molecule has 7 rings (SSSR count). The predicted octanol–water partition coefficient (Wildman–Crippen LogP) is 5.68. The molecular weight excluding hydrogens is 500 g/mol. The Morgan fingerprint density at radius 3 is 1.15 bits per heavy atom. The quantitative estimate of drug-likeness (QED) is 0.270. The fraction of sp³-hybridized carbons (Fsp3) is 0. The summed E-state index contributed by atoms with van der Waals surface area (Å²) in [5.74, 6) is 13.8. The molecule has 0 N–H and O–H groups in total. The lowest BCUT2D eigenvalue weighted by atomic mass is 10.1. The van der Waals surface area contributed by atoms with Gasteiger partial charge in [-0.05, 0) is 48.5 Å². The molecular formula is C32H16N6O2. The normalized spacial score (nSPS) is 10.6. The first kappa shape index (κ1) is 23.0. The number of fused-ring (bicyclic) bond motifs is 2. The van der Waals surface area contributed by atoms with Gasteiger partial charge < -0.3 is 8.83 Å². The van der Waals surface area contributed by atoms with Crippen molar-refractivity contribution in [3.8, 4) is 46.6 Å². The second kappa shape index (κ2) is 9.97. The number of hydrogen-bond donors (Lipinski definition) is 0. The fourth-order valence-electron chi connectivity index (χ4n) is 4.14. The lowest BCUT2D eigenvalue weighted by molar-refractivity contribution is 0.616. The van der Waals surface area contributed by atoms with Gasteiger partial charge in [0, 0.05) is 71.8 Å². The van der Waals surface area contributed by atoms with Gasteiger partial charge in [-0.3, -0.25) is 19.9 Å². The summed E-state index contributed by atoms with van der Waals surface area (Å²) < 4.78 is 12.7. The average Bonchev–Trinajstić information content (AvgIpc) is 3.67. The van der Waals surface area contributed by atoms with Crippen LogP contribution in [0.15, 0.2) is 107 Å². The zero-order valence-electron chi connectivity index (χ0n) is 20.7. The fourth-order valence-corrected chi connectivity index (χ4v) is 4.14. The van der Waals surface area contributed by atoms with Gasteiger partial charge in [0.15, 0.2) is 11.2 Å². The minimum absolute atomic E-state index is 0.415. The van der Waals surface area contributed by atoms with Gasteiger partial charge in [0.05, 0.1) is 11.1 Å². The van der Waals surface area contributed by atoms with Crippen LogP contribution in [0.4, 0.5) is 0 Å². The van der Waals surface area contributed by atoms with Crippen LogP contribution in [0.5, 0.6) is 0 Å². The number of aromatic nitrogens is 6. The second-order valence-corrected chi connectivity index (χ2v) is 8.59. The highest BCUT2D eigenvalue weighted by Gasteiger charge is 2.24. The summed E-state index contributed by atoms with van der Waals surface area (Å²) in [7, 11) is 0. The molecule has 0 bridgehead atoms. The standard InChI is InChI=1S/C32H16N6O2/c1(21-5-13-33-14-6-21)3-25-27-30(40-31(37-27)23-9-17-35-18-10-23)26(4-2-22-7-15-34-16-8-22)28-29(25)39-32(38-28)24-11-19-36-20-12-24/h5-20H. The second-order valence-electron chi connectivity index (χ2n) is 8.59. The lowest BCUT2D eigenvalue weighted by Crippen LogP contribution is -1.88. The van der Waals surface area contributed by atoms with Gasteiger partial charge in [-0.1, -0.05) is 23.7 Å². The molecule has 6 heterocycles. The molecule has 0 spiro atoms. The number of rotatable bonds is 2. The topological polar surface area (TPSA) is 104 Å². The number of nitrogens with zero attached hydrogens (tertiary/aromatic N) is 6. The number of benzene rings is 1. The van der Waals surface area contributed by atoms with E-state index in [1.54, 1.807) is 49.6 Å². The van der Waals surface area contributed by atoms with Crippen LogP contribution in [0.25, 0.3) is 45.1 Å². The van der Waals surface area contributed by atoms with E-state index >= 15 is 0 Å². The highest BCUT2D eigenvalue weighted by molar-refractivity contribution is 6.04. The SMILES string of the molecule is C(#Cc1c2nc(-c3ccncc3)oc2c(C#Cc2ccncc2)c2nc(-c3ccncc3)oc12)c1ccncc1. The van der Waals surface area contributed by atoms with Crippen LogP contribution in [-0.2, 0) is 0 Å². The third-order valence-corrected chi connectivity index (χ3v) is 6.06. The van der Waals surface area contributed by atoms with Gasteiger partial charge >= 0.3 is 0 Å². The van der Waals surface area contributed by atoms with Gasteiger partial charge in [0.25, 0.3) is 0 Å². The van der Waals surface area contributed by atoms with E-state index in [1.165, 1.54) is 0 Å². The molecule has 0 radical (unpaired) electrons. The molecule has 8 heteroatoms.